The Balaban J connectivity index is 1.59. The highest BCUT2D eigenvalue weighted by Crippen LogP contribution is 2.42. The summed E-state index contributed by atoms with van der Waals surface area (Å²) in [6.45, 7) is 12.7. The van der Waals surface area contributed by atoms with Crippen LogP contribution < -0.4 is 21.3 Å². The molecule has 0 bridgehead atoms. The summed E-state index contributed by atoms with van der Waals surface area (Å²) >= 11 is 0. The summed E-state index contributed by atoms with van der Waals surface area (Å²) in [5, 5.41) is 11.9. The van der Waals surface area contributed by atoms with E-state index >= 15 is 0 Å². The van der Waals surface area contributed by atoms with Crippen molar-refractivity contribution in [3.05, 3.63) is 0 Å². The van der Waals surface area contributed by atoms with Crippen LogP contribution in [0.15, 0.2) is 0 Å². The summed E-state index contributed by atoms with van der Waals surface area (Å²) in [5.41, 5.74) is -1.16. The number of terminal acetylenes is 1. The zero-order chi connectivity index (χ0) is 39.0. The van der Waals surface area contributed by atoms with Gasteiger partial charge in [0.15, 0.2) is 0 Å². The van der Waals surface area contributed by atoms with Crippen LogP contribution in [-0.4, -0.2) is 85.9 Å². The van der Waals surface area contributed by atoms with Gasteiger partial charge in [-0.2, -0.15) is 0 Å². The van der Waals surface area contributed by atoms with Crippen LogP contribution in [0.1, 0.15) is 144 Å². The van der Waals surface area contributed by atoms with Crippen LogP contribution in [0.5, 0.6) is 0 Å². The third-order valence-electron chi connectivity index (χ3n) is 12.8. The Hall–Kier alpha value is -2.94. The van der Waals surface area contributed by atoms with Crippen molar-refractivity contribution >= 4 is 40.3 Å². The molecule has 1 aliphatic heterocycles. The maximum atomic E-state index is 15.0. The van der Waals surface area contributed by atoms with Gasteiger partial charge in [0.1, 0.15) is 12.1 Å². The van der Waals surface area contributed by atoms with Gasteiger partial charge in [-0.25, -0.2) is 4.79 Å². The number of nitrogens with one attached hydrogen (secondary N) is 4. The Morgan fingerprint density at radius 2 is 1.57 bits per heavy atom. The molecule has 11 nitrogen and oxygen atoms in total. The van der Waals surface area contributed by atoms with Crippen molar-refractivity contribution in [3.8, 4) is 12.3 Å². The van der Waals surface area contributed by atoms with Gasteiger partial charge in [-0.3, -0.25) is 23.4 Å². The fourth-order valence-electron chi connectivity index (χ4n) is 8.66. The molecule has 0 aromatic rings. The fourth-order valence-corrected chi connectivity index (χ4v) is 10.2. The molecule has 3 saturated carbocycles. The molecule has 4 N–H and O–H groups in total. The largest absolute Gasteiger partial charge is 0.348 e. The first-order valence-corrected chi connectivity index (χ1v) is 21.7. The van der Waals surface area contributed by atoms with E-state index in [0.29, 0.717) is 25.1 Å². The molecule has 0 aromatic heterocycles. The number of rotatable bonds is 17. The van der Waals surface area contributed by atoms with E-state index in [1.54, 1.807) is 4.90 Å². The summed E-state index contributed by atoms with van der Waals surface area (Å²) in [6.07, 6.45) is 18.0. The van der Waals surface area contributed by atoms with Crippen LogP contribution in [0.25, 0.3) is 0 Å². The Kier molecular flexibility index (Phi) is 15.0. The first-order chi connectivity index (χ1) is 25.1. The number of carbonyl (C=O) groups excluding carboxylic acids is 5. The second-order valence-corrected chi connectivity index (χ2v) is 19.8. The van der Waals surface area contributed by atoms with Gasteiger partial charge < -0.3 is 26.2 Å². The van der Waals surface area contributed by atoms with Gasteiger partial charge in [-0.05, 0) is 82.0 Å². The Morgan fingerprint density at radius 1 is 0.943 bits per heavy atom. The summed E-state index contributed by atoms with van der Waals surface area (Å²) in [6, 6.07) is -3.18. The average molecular weight is 758 g/mol. The molecule has 5 amide bonds. The number of carbonyl (C=O) groups is 5. The molecule has 5 atom stereocenters. The molecule has 4 fully saturated rings. The second kappa shape index (κ2) is 18.6. The Bertz CT molecular complexity index is 1390. The number of hydrogen-bond acceptors (Lipinski definition) is 6. The van der Waals surface area contributed by atoms with Crippen LogP contribution in [0.4, 0.5) is 4.79 Å². The molecule has 0 spiro atoms. The second-order valence-electron chi connectivity index (χ2n) is 17.7. The van der Waals surface area contributed by atoms with Crippen molar-refractivity contribution in [2.75, 3.05) is 18.8 Å². The molecule has 3 aliphatic carbocycles. The lowest BCUT2D eigenvalue weighted by molar-refractivity contribution is -0.145. The van der Waals surface area contributed by atoms with Crippen molar-refractivity contribution in [2.45, 2.75) is 173 Å². The molecule has 4 aliphatic rings. The van der Waals surface area contributed by atoms with Crippen LogP contribution in [0, 0.1) is 35.5 Å². The molecule has 4 rings (SSSR count). The minimum absolute atomic E-state index is 0.0626. The summed E-state index contributed by atoms with van der Waals surface area (Å²) in [7, 11) is -1.17. The third-order valence-corrected chi connectivity index (χ3v) is 15.1. The molecule has 0 aromatic carbocycles. The molecule has 298 valence electrons. The minimum Gasteiger partial charge on any atom is -0.348 e. The average Bonchev–Trinajstić information content (AvgIpc) is 3.83. The third kappa shape index (κ3) is 11.1. The molecule has 1 heterocycles. The zero-order valence-corrected chi connectivity index (χ0v) is 34.1. The van der Waals surface area contributed by atoms with Crippen molar-refractivity contribution in [3.63, 3.8) is 0 Å². The van der Waals surface area contributed by atoms with Crippen molar-refractivity contribution in [1.29, 1.82) is 0 Å². The number of ketones is 1. The van der Waals surface area contributed by atoms with E-state index in [4.69, 9.17) is 6.42 Å². The number of hydrogen-bond donors (Lipinski definition) is 4. The predicted octanol–water partition coefficient (Wildman–Crippen LogP) is 5.13. The topological polar surface area (TPSA) is 154 Å². The quantitative estimate of drug-likeness (QED) is 0.0917. The summed E-state index contributed by atoms with van der Waals surface area (Å²) in [4.78, 5) is 71.2. The van der Waals surface area contributed by atoms with E-state index in [-0.39, 0.29) is 41.4 Å². The summed E-state index contributed by atoms with van der Waals surface area (Å²) < 4.78 is 13.2. The molecular weight excluding hydrogens is 691 g/mol. The molecule has 2 unspecified atom stereocenters. The SMILES string of the molecule is C#CCCNC(=O)C(=O)C(CC1CC1)NC(=O)[C@@H]1[C@@H](C(C)C)CCN1C(=O)[C@@H](NC(=O)NC1(CS(=O)C(C)(C)CC)CCCCC1)C1(C)CCCCC1. The fraction of sp³-hybridized carbons (Fsp3) is 0.829. The lowest BCUT2D eigenvalue weighted by Crippen LogP contribution is -2.64. The normalized spacial score (nSPS) is 24.3. The summed E-state index contributed by atoms with van der Waals surface area (Å²) in [5.74, 6) is 0.739. The van der Waals surface area contributed by atoms with E-state index in [9.17, 15) is 28.2 Å². The molecule has 12 heteroatoms. The predicted molar refractivity (Wildman–Crippen MR) is 209 cm³/mol. The monoisotopic (exact) mass is 757 g/mol. The number of likely N-dealkylation sites (tertiary alicyclic amines) is 1. The highest BCUT2D eigenvalue weighted by molar-refractivity contribution is 7.86. The van der Waals surface area contributed by atoms with Crippen molar-refractivity contribution in [2.24, 2.45) is 23.2 Å². The van der Waals surface area contributed by atoms with Gasteiger partial charge in [-0.1, -0.05) is 79.1 Å². The van der Waals surface area contributed by atoms with E-state index in [2.05, 4.69) is 34.1 Å². The Labute approximate surface area is 320 Å². The van der Waals surface area contributed by atoms with Crippen molar-refractivity contribution in [1.82, 2.24) is 26.2 Å². The molecule has 53 heavy (non-hydrogen) atoms. The number of Topliss-reactive ketones (excluding diaryl/α,β-unsaturated/α-hetero) is 1. The van der Waals surface area contributed by atoms with E-state index in [1.807, 2.05) is 34.6 Å². The smallest absolute Gasteiger partial charge is 0.315 e. The van der Waals surface area contributed by atoms with Crippen molar-refractivity contribution < 1.29 is 28.2 Å². The Morgan fingerprint density at radius 3 is 2.13 bits per heavy atom. The highest BCUT2D eigenvalue weighted by Gasteiger charge is 2.50. The van der Waals surface area contributed by atoms with Crippen LogP contribution in [0.2, 0.25) is 0 Å². The van der Waals surface area contributed by atoms with Gasteiger partial charge >= 0.3 is 6.03 Å². The van der Waals surface area contributed by atoms with Gasteiger partial charge in [0.25, 0.3) is 5.91 Å². The van der Waals surface area contributed by atoms with E-state index in [1.165, 1.54) is 0 Å². The van der Waals surface area contributed by atoms with Gasteiger partial charge in [0.05, 0.1) is 11.6 Å². The number of nitrogens with zero attached hydrogens (tertiary/aromatic N) is 1. The molecule has 1 saturated heterocycles. The van der Waals surface area contributed by atoms with Crippen LogP contribution in [-0.2, 0) is 30.0 Å². The first kappa shape index (κ1) is 42.8. The first-order valence-electron chi connectivity index (χ1n) is 20.4. The standard InChI is InChI=1S/C41H67N5O6S/c1-8-10-24-42-36(49)33(47)31(26-29-17-18-29)43-35(48)32-30(28(3)4)19-25-46(32)37(50)34(40(7)20-13-11-14-21-40)44-38(51)45-41(22-15-12-16-23-41)27-53(52)39(5,6)9-2/h1,28-32,34H,9-27H2,2-7H3,(H,42,49)(H,43,48)(H2,44,45,51)/t30-,31?,32+,34-,53?/m1/s1. The van der Waals surface area contributed by atoms with Crippen LogP contribution in [0.3, 0.4) is 0 Å². The molecule has 0 radical (unpaired) electrons. The molecular formula is C41H67N5O6S. The van der Waals surface area contributed by atoms with E-state index < -0.39 is 63.5 Å². The van der Waals surface area contributed by atoms with Gasteiger partial charge in [-0.15, -0.1) is 12.3 Å². The zero-order valence-electron chi connectivity index (χ0n) is 33.3. The van der Waals surface area contributed by atoms with E-state index in [0.717, 1.165) is 83.5 Å². The lowest BCUT2D eigenvalue weighted by Gasteiger charge is -2.44. The maximum absolute atomic E-state index is 15.0. The highest BCUT2D eigenvalue weighted by atomic mass is 32.2. The van der Waals surface area contributed by atoms with Crippen LogP contribution >= 0.6 is 0 Å². The minimum atomic E-state index is -1.17. The van der Waals surface area contributed by atoms with Gasteiger partial charge in [0, 0.05) is 40.8 Å². The number of amides is 5. The number of urea groups is 1. The van der Waals surface area contributed by atoms with Gasteiger partial charge in [0.2, 0.25) is 17.6 Å². The maximum Gasteiger partial charge on any atom is 0.315 e. The lowest BCUT2D eigenvalue weighted by atomic mass is 9.70.